The maximum Gasteiger partial charge on any atom is 0.226 e. The highest BCUT2D eigenvalue weighted by Crippen LogP contribution is 2.39. The minimum atomic E-state index is 0.0104. The van der Waals surface area contributed by atoms with E-state index >= 15 is 0 Å². The van der Waals surface area contributed by atoms with Crippen LogP contribution in [0.1, 0.15) is 29.3 Å². The zero-order valence-corrected chi connectivity index (χ0v) is 17.9. The molecule has 3 aromatic rings. The topological polar surface area (TPSA) is 36.4 Å². The summed E-state index contributed by atoms with van der Waals surface area (Å²) in [5, 5.41) is 1.11. The Morgan fingerprint density at radius 1 is 0.933 bits per heavy atom. The van der Waals surface area contributed by atoms with Crippen LogP contribution in [0, 0.1) is 5.92 Å². The highest BCUT2D eigenvalue weighted by molar-refractivity contribution is 7.18. The van der Waals surface area contributed by atoms with E-state index in [1.54, 1.807) is 11.3 Å². The van der Waals surface area contributed by atoms with E-state index in [0.29, 0.717) is 5.91 Å². The van der Waals surface area contributed by atoms with Crippen molar-refractivity contribution < 1.29 is 4.79 Å². The van der Waals surface area contributed by atoms with Crippen molar-refractivity contribution in [3.8, 4) is 0 Å². The third-order valence-corrected chi connectivity index (χ3v) is 7.48. The van der Waals surface area contributed by atoms with Gasteiger partial charge in [-0.2, -0.15) is 0 Å². The molecule has 5 heteroatoms. The van der Waals surface area contributed by atoms with Crippen molar-refractivity contribution in [2.75, 3.05) is 26.2 Å². The summed E-state index contributed by atoms with van der Waals surface area (Å²) >= 11 is 1.75. The fourth-order valence-electron chi connectivity index (χ4n) is 4.61. The number of carbonyl (C=O) groups is 1. The van der Waals surface area contributed by atoms with Gasteiger partial charge in [-0.25, -0.2) is 4.98 Å². The maximum atomic E-state index is 13.5. The molecule has 1 fully saturated rings. The van der Waals surface area contributed by atoms with Gasteiger partial charge in [-0.1, -0.05) is 54.6 Å². The first-order valence-corrected chi connectivity index (χ1v) is 11.6. The van der Waals surface area contributed by atoms with E-state index in [4.69, 9.17) is 4.98 Å². The molecular formula is C25H27N3OS. The number of hydrogen-bond acceptors (Lipinski definition) is 4. The van der Waals surface area contributed by atoms with Crippen LogP contribution in [0.5, 0.6) is 0 Å². The number of para-hydroxylation sites is 1. The van der Waals surface area contributed by atoms with Crippen LogP contribution in [0.15, 0.2) is 66.7 Å². The van der Waals surface area contributed by atoms with E-state index < -0.39 is 0 Å². The number of carbonyl (C=O) groups excluding carboxylic acids is 1. The zero-order valence-electron chi connectivity index (χ0n) is 17.1. The largest absolute Gasteiger partial charge is 0.340 e. The number of aromatic nitrogens is 1. The van der Waals surface area contributed by atoms with Crippen LogP contribution in [-0.4, -0.2) is 46.9 Å². The lowest BCUT2D eigenvalue weighted by atomic mass is 9.82. The lowest BCUT2D eigenvalue weighted by Gasteiger charge is -2.38. The lowest BCUT2D eigenvalue weighted by Crippen LogP contribution is -2.50. The first-order valence-electron chi connectivity index (χ1n) is 10.8. The number of piperazine rings is 1. The fourth-order valence-corrected chi connectivity index (χ4v) is 5.76. The van der Waals surface area contributed by atoms with Gasteiger partial charge in [0.1, 0.15) is 0 Å². The van der Waals surface area contributed by atoms with Gasteiger partial charge >= 0.3 is 0 Å². The molecular weight excluding hydrogens is 390 g/mol. The number of hydrogen-bond donors (Lipinski definition) is 0. The minimum absolute atomic E-state index is 0.0104. The molecule has 0 spiro atoms. The van der Waals surface area contributed by atoms with E-state index in [1.165, 1.54) is 10.3 Å². The fraction of sp³-hybridized carbons (Fsp3) is 0.360. The van der Waals surface area contributed by atoms with E-state index in [1.807, 2.05) is 6.07 Å². The van der Waals surface area contributed by atoms with Gasteiger partial charge in [0.15, 0.2) is 0 Å². The van der Waals surface area contributed by atoms with Crippen molar-refractivity contribution in [1.82, 2.24) is 14.8 Å². The zero-order chi connectivity index (χ0) is 20.3. The summed E-state index contributed by atoms with van der Waals surface area (Å²) < 4.78 is 1.21. The van der Waals surface area contributed by atoms with Gasteiger partial charge < -0.3 is 4.90 Å². The molecule has 0 saturated carbocycles. The molecule has 1 aromatic heterocycles. The summed E-state index contributed by atoms with van der Waals surface area (Å²) in [5.74, 6) is 0.515. The van der Waals surface area contributed by atoms with Crippen LogP contribution in [0.25, 0.3) is 10.2 Å². The van der Waals surface area contributed by atoms with Crippen molar-refractivity contribution in [1.29, 1.82) is 0 Å². The number of fused-ring (bicyclic) bond motifs is 1. The molecule has 0 bridgehead atoms. The van der Waals surface area contributed by atoms with Crippen molar-refractivity contribution in [2.45, 2.75) is 25.3 Å². The van der Waals surface area contributed by atoms with Gasteiger partial charge in [-0.05, 0) is 30.5 Å². The molecule has 2 aliphatic rings. The molecule has 1 aliphatic heterocycles. The summed E-state index contributed by atoms with van der Waals surface area (Å²) in [7, 11) is 0. The average Bonchev–Trinajstić information content (AvgIpc) is 3.24. The van der Waals surface area contributed by atoms with Gasteiger partial charge in [0, 0.05) is 38.6 Å². The van der Waals surface area contributed by atoms with E-state index in [-0.39, 0.29) is 11.8 Å². The van der Waals surface area contributed by atoms with E-state index in [0.717, 1.165) is 56.1 Å². The SMILES string of the molecule is O=C(C1CC=CCC1c1nc2ccccc2s1)N1CCN(Cc2ccccc2)CC1. The number of amides is 1. The summed E-state index contributed by atoms with van der Waals surface area (Å²) in [4.78, 5) is 22.9. The molecule has 0 N–H and O–H groups in total. The molecule has 1 saturated heterocycles. The highest BCUT2D eigenvalue weighted by Gasteiger charge is 2.35. The van der Waals surface area contributed by atoms with Crippen LogP contribution in [0.2, 0.25) is 0 Å². The standard InChI is InChI=1S/C25H27N3OS/c29-25(28-16-14-27(15-17-28)18-19-8-2-1-3-9-19)21-11-5-4-10-20(21)24-26-22-12-6-7-13-23(22)30-24/h1-9,12-13,20-21H,10-11,14-18H2. The Kier molecular flexibility index (Phi) is 5.65. The van der Waals surface area contributed by atoms with Crippen LogP contribution in [0.3, 0.4) is 0 Å². The van der Waals surface area contributed by atoms with Crippen molar-refractivity contribution in [3.63, 3.8) is 0 Å². The minimum Gasteiger partial charge on any atom is -0.340 e. The summed E-state index contributed by atoms with van der Waals surface area (Å²) in [6.45, 7) is 4.48. The van der Waals surface area contributed by atoms with Gasteiger partial charge in [0.25, 0.3) is 0 Å². The Labute approximate surface area is 181 Å². The third kappa shape index (κ3) is 4.05. The summed E-state index contributed by atoms with van der Waals surface area (Å²) in [5.41, 5.74) is 2.39. The van der Waals surface area contributed by atoms with Crippen molar-refractivity contribution in [2.24, 2.45) is 5.92 Å². The summed E-state index contributed by atoms with van der Waals surface area (Å²) in [6.07, 6.45) is 6.13. The smallest absolute Gasteiger partial charge is 0.226 e. The molecule has 0 radical (unpaired) electrons. The maximum absolute atomic E-state index is 13.5. The number of nitrogens with zero attached hydrogens (tertiary/aromatic N) is 3. The molecule has 30 heavy (non-hydrogen) atoms. The second-order valence-electron chi connectivity index (χ2n) is 8.26. The van der Waals surface area contributed by atoms with Crippen molar-refractivity contribution in [3.05, 3.63) is 77.3 Å². The van der Waals surface area contributed by atoms with Crippen LogP contribution < -0.4 is 0 Å². The van der Waals surface area contributed by atoms with Crippen LogP contribution in [-0.2, 0) is 11.3 Å². The normalized spacial score (nSPS) is 22.5. The van der Waals surface area contributed by atoms with E-state index in [9.17, 15) is 4.79 Å². The van der Waals surface area contributed by atoms with Gasteiger partial charge in [0.05, 0.1) is 21.1 Å². The van der Waals surface area contributed by atoms with Gasteiger partial charge in [0.2, 0.25) is 5.91 Å². The van der Waals surface area contributed by atoms with Gasteiger partial charge in [-0.15, -0.1) is 11.3 Å². The quantitative estimate of drug-likeness (QED) is 0.578. The van der Waals surface area contributed by atoms with E-state index in [2.05, 4.69) is 70.5 Å². The van der Waals surface area contributed by atoms with Gasteiger partial charge in [-0.3, -0.25) is 9.69 Å². The number of rotatable bonds is 4. The van der Waals surface area contributed by atoms with Crippen molar-refractivity contribution >= 4 is 27.5 Å². The monoisotopic (exact) mass is 417 g/mol. The number of benzene rings is 2. The molecule has 154 valence electrons. The highest BCUT2D eigenvalue weighted by atomic mass is 32.1. The molecule has 2 unspecified atom stereocenters. The number of thiazole rings is 1. The van der Waals surface area contributed by atoms with Crippen LogP contribution >= 0.6 is 11.3 Å². The third-order valence-electron chi connectivity index (χ3n) is 6.31. The Hall–Kier alpha value is -2.50. The predicted octanol–water partition coefficient (Wildman–Crippen LogP) is 4.69. The first kappa shape index (κ1) is 19.5. The second kappa shape index (κ2) is 8.70. The Bertz CT molecular complexity index is 1000. The first-order chi connectivity index (χ1) is 14.8. The molecule has 5 rings (SSSR count). The Morgan fingerprint density at radius 3 is 2.47 bits per heavy atom. The lowest BCUT2D eigenvalue weighted by molar-refractivity contribution is -0.138. The second-order valence-corrected chi connectivity index (χ2v) is 9.32. The molecule has 4 nitrogen and oxygen atoms in total. The summed E-state index contributed by atoms with van der Waals surface area (Å²) in [6, 6.07) is 18.9. The Balaban J connectivity index is 1.26. The molecule has 2 aromatic carbocycles. The van der Waals surface area contributed by atoms with Crippen LogP contribution in [0.4, 0.5) is 0 Å². The molecule has 1 amide bonds. The molecule has 1 aliphatic carbocycles. The molecule has 2 heterocycles. The number of allylic oxidation sites excluding steroid dienone is 2. The average molecular weight is 418 g/mol. The molecule has 2 atom stereocenters. The Morgan fingerprint density at radius 2 is 1.67 bits per heavy atom. The predicted molar refractivity (Wildman–Crippen MR) is 123 cm³/mol.